The molecule has 0 amide bonds. The molecule has 2 rings (SSSR count). The van der Waals surface area contributed by atoms with Gasteiger partial charge in [0.05, 0.1) is 24.0 Å². The maximum Gasteiger partial charge on any atom is 0.175 e. The predicted molar refractivity (Wildman–Crippen MR) is 58.8 cm³/mol. The van der Waals surface area contributed by atoms with E-state index in [1.165, 1.54) is 0 Å². The van der Waals surface area contributed by atoms with E-state index >= 15 is 0 Å². The van der Waals surface area contributed by atoms with Crippen LogP contribution < -0.4 is 0 Å². The van der Waals surface area contributed by atoms with Gasteiger partial charge >= 0.3 is 0 Å². The van der Waals surface area contributed by atoms with Crippen LogP contribution in [0.25, 0.3) is 0 Å². The van der Waals surface area contributed by atoms with Crippen LogP contribution in [0.5, 0.6) is 0 Å². The van der Waals surface area contributed by atoms with Gasteiger partial charge in [0.2, 0.25) is 0 Å². The van der Waals surface area contributed by atoms with Gasteiger partial charge in [0.1, 0.15) is 0 Å². The Morgan fingerprint density at radius 1 is 1.33 bits per heavy atom. The zero-order valence-corrected chi connectivity index (χ0v) is 10.5. The summed E-state index contributed by atoms with van der Waals surface area (Å²) in [6.07, 6.45) is 0. The van der Waals surface area contributed by atoms with Crippen LogP contribution in [-0.2, 0) is 14.6 Å². The largest absolute Gasteiger partial charge is 0.379 e. The third kappa shape index (κ3) is 1.52. The molecule has 0 aromatic carbocycles. The Balaban J connectivity index is 2.17. The summed E-state index contributed by atoms with van der Waals surface area (Å²) in [7, 11) is -3.15. The zero-order valence-electron chi connectivity index (χ0n) is 8.94. The molecule has 2 aliphatic heterocycles. The lowest BCUT2D eigenvalue weighted by Crippen LogP contribution is -2.71. The summed E-state index contributed by atoms with van der Waals surface area (Å²) in [5.41, 5.74) is 0. The van der Waals surface area contributed by atoms with Gasteiger partial charge < -0.3 is 4.74 Å². The third-order valence-corrected chi connectivity index (χ3v) is 6.93. The third-order valence-electron chi connectivity index (χ3n) is 3.43. The van der Waals surface area contributed by atoms with Gasteiger partial charge in [-0.25, -0.2) is 8.42 Å². The van der Waals surface area contributed by atoms with Gasteiger partial charge in [-0.3, -0.25) is 4.90 Å². The summed E-state index contributed by atoms with van der Waals surface area (Å²) >= 11 is 5.95. The lowest BCUT2D eigenvalue weighted by atomic mass is 10.0. The normalized spacial score (nSPS) is 39.7. The van der Waals surface area contributed by atoms with E-state index in [1.807, 2.05) is 0 Å². The molecule has 2 fully saturated rings. The van der Waals surface area contributed by atoms with Crippen LogP contribution >= 0.6 is 11.6 Å². The van der Waals surface area contributed by atoms with Gasteiger partial charge in [0, 0.05) is 13.1 Å². The maximum atomic E-state index is 11.7. The highest BCUT2D eigenvalue weighted by Gasteiger charge is 2.63. The van der Waals surface area contributed by atoms with Crippen molar-refractivity contribution in [2.24, 2.45) is 0 Å². The van der Waals surface area contributed by atoms with Crippen LogP contribution in [-0.4, -0.2) is 55.1 Å². The first-order valence-electron chi connectivity index (χ1n) is 5.08. The van der Waals surface area contributed by atoms with Crippen molar-refractivity contribution >= 4 is 21.4 Å². The standard InChI is InChI=1S/C9H16ClNO3S/c1-9(2)7(8(10)15(9,12)13)11-3-5-14-6-4-11/h7-8H,3-6H2,1-2H3/t7-,8-/m1/s1. The number of rotatable bonds is 1. The van der Waals surface area contributed by atoms with E-state index in [0.717, 1.165) is 13.1 Å². The van der Waals surface area contributed by atoms with Gasteiger partial charge in [0.25, 0.3) is 0 Å². The first-order valence-corrected chi connectivity index (χ1v) is 7.06. The summed E-state index contributed by atoms with van der Waals surface area (Å²) in [6, 6.07) is -0.0759. The molecule has 15 heavy (non-hydrogen) atoms. The highest BCUT2D eigenvalue weighted by Crippen LogP contribution is 2.45. The highest BCUT2D eigenvalue weighted by molar-refractivity contribution is 7.96. The second-order valence-corrected chi connectivity index (χ2v) is 7.97. The smallest absolute Gasteiger partial charge is 0.175 e. The van der Waals surface area contributed by atoms with E-state index in [1.54, 1.807) is 13.8 Å². The Bertz CT molecular complexity index is 348. The van der Waals surface area contributed by atoms with E-state index in [9.17, 15) is 8.42 Å². The zero-order chi connectivity index (χ0) is 11.3. The molecule has 0 bridgehead atoms. The molecule has 4 nitrogen and oxygen atoms in total. The molecule has 0 aromatic rings. The molecule has 0 N–H and O–H groups in total. The van der Waals surface area contributed by atoms with Crippen molar-refractivity contribution in [2.75, 3.05) is 26.3 Å². The highest BCUT2D eigenvalue weighted by atomic mass is 35.5. The minimum absolute atomic E-state index is 0.0759. The summed E-state index contributed by atoms with van der Waals surface area (Å²) in [5, 5.41) is 0. The Kier molecular flexibility index (Phi) is 2.78. The second-order valence-electron chi connectivity index (χ2n) is 4.59. The number of hydrogen-bond acceptors (Lipinski definition) is 4. The van der Waals surface area contributed by atoms with Crippen LogP contribution in [0.2, 0.25) is 0 Å². The lowest BCUT2D eigenvalue weighted by molar-refractivity contribution is 0.00687. The van der Waals surface area contributed by atoms with E-state index in [2.05, 4.69) is 4.90 Å². The second kappa shape index (κ2) is 3.58. The number of ether oxygens (including phenoxy) is 1. The molecular weight excluding hydrogens is 238 g/mol. The quantitative estimate of drug-likeness (QED) is 0.637. The van der Waals surface area contributed by atoms with Crippen molar-refractivity contribution < 1.29 is 13.2 Å². The molecule has 0 aromatic heterocycles. The fourth-order valence-corrected chi connectivity index (χ4v) is 5.40. The molecule has 0 radical (unpaired) electrons. The monoisotopic (exact) mass is 253 g/mol. The summed E-state index contributed by atoms with van der Waals surface area (Å²) < 4.78 is 27.2. The average Bonchev–Trinajstić information content (AvgIpc) is 2.19. The van der Waals surface area contributed by atoms with Crippen LogP contribution in [0.4, 0.5) is 0 Å². The van der Waals surface area contributed by atoms with Gasteiger partial charge in [-0.2, -0.15) is 0 Å². The number of alkyl halides is 1. The van der Waals surface area contributed by atoms with Crippen molar-refractivity contribution in [1.29, 1.82) is 0 Å². The van der Waals surface area contributed by atoms with E-state index in [4.69, 9.17) is 16.3 Å². The minimum atomic E-state index is -3.15. The fraction of sp³-hybridized carbons (Fsp3) is 1.00. The van der Waals surface area contributed by atoms with Gasteiger partial charge in [-0.1, -0.05) is 0 Å². The average molecular weight is 254 g/mol. The summed E-state index contributed by atoms with van der Waals surface area (Å²) in [6.45, 7) is 6.37. The van der Waals surface area contributed by atoms with Gasteiger partial charge in [-0.05, 0) is 13.8 Å². The number of hydrogen-bond donors (Lipinski definition) is 0. The number of nitrogens with zero attached hydrogens (tertiary/aromatic N) is 1. The molecule has 2 saturated heterocycles. The Labute approximate surface area is 95.4 Å². The molecular formula is C9H16ClNO3S. The van der Waals surface area contributed by atoms with Gasteiger partial charge in [-0.15, -0.1) is 11.6 Å². The molecule has 2 atom stereocenters. The summed E-state index contributed by atoms with van der Waals surface area (Å²) in [5.74, 6) is 0. The van der Waals surface area contributed by atoms with Crippen molar-refractivity contribution in [2.45, 2.75) is 29.3 Å². The Morgan fingerprint density at radius 2 is 1.87 bits per heavy atom. The molecule has 0 aliphatic carbocycles. The van der Waals surface area contributed by atoms with Crippen LogP contribution in [0, 0.1) is 0 Å². The Hall–Kier alpha value is 0.160. The Morgan fingerprint density at radius 3 is 2.33 bits per heavy atom. The molecule has 2 heterocycles. The number of morpholine rings is 1. The number of halogens is 1. The van der Waals surface area contributed by atoms with E-state index in [0.29, 0.717) is 13.2 Å². The number of sulfone groups is 1. The van der Waals surface area contributed by atoms with Crippen LogP contribution in [0.3, 0.4) is 0 Å². The molecule has 6 heteroatoms. The molecule has 0 unspecified atom stereocenters. The predicted octanol–water partition coefficient (Wildman–Crippen LogP) is 0.459. The summed E-state index contributed by atoms with van der Waals surface area (Å²) in [4.78, 5) is 2.13. The molecule has 2 aliphatic rings. The minimum Gasteiger partial charge on any atom is -0.379 e. The SMILES string of the molecule is CC1(C)[C@H](N2CCOCC2)[C@H](Cl)S1(=O)=O. The topological polar surface area (TPSA) is 46.6 Å². The van der Waals surface area contributed by atoms with Crippen molar-refractivity contribution in [1.82, 2.24) is 4.90 Å². The van der Waals surface area contributed by atoms with Crippen molar-refractivity contribution in [3.63, 3.8) is 0 Å². The fourth-order valence-electron chi connectivity index (χ4n) is 2.33. The van der Waals surface area contributed by atoms with Crippen molar-refractivity contribution in [3.05, 3.63) is 0 Å². The van der Waals surface area contributed by atoms with E-state index in [-0.39, 0.29) is 6.04 Å². The first kappa shape index (κ1) is 11.6. The van der Waals surface area contributed by atoms with Crippen LogP contribution in [0.15, 0.2) is 0 Å². The van der Waals surface area contributed by atoms with Gasteiger partial charge in [0.15, 0.2) is 14.5 Å². The molecule has 88 valence electrons. The van der Waals surface area contributed by atoms with Crippen LogP contribution in [0.1, 0.15) is 13.8 Å². The van der Waals surface area contributed by atoms with E-state index < -0.39 is 19.3 Å². The van der Waals surface area contributed by atoms with Crippen molar-refractivity contribution in [3.8, 4) is 0 Å². The molecule has 0 saturated carbocycles. The first-order chi connectivity index (χ1) is 6.89. The lowest BCUT2D eigenvalue weighted by Gasteiger charge is -2.53. The maximum absolute atomic E-state index is 11.7. The molecule has 0 spiro atoms.